The standard InChI is InChI=1S/C43H26N2OS/c1-2-9-26(10-3-1)27-11-6-14-30(24-27)44(31-19-22-39-34(25-31)32-15-4-5-18-38(32)47-39)35-20-21-37-43-40(35)33-16-7-12-28-23-29-13-8-17-36(46-37)42(29)45(43)41(28)33/h1-22,24-25H,23H2. The average Bonchev–Trinajstić information content (AvgIpc) is 3.68. The van der Waals surface area contributed by atoms with Gasteiger partial charge in [-0.25, -0.2) is 0 Å². The molecule has 0 atom stereocenters. The molecule has 0 saturated carbocycles. The molecule has 4 heterocycles. The van der Waals surface area contributed by atoms with E-state index in [0.717, 1.165) is 40.5 Å². The number of hydrogen-bond acceptors (Lipinski definition) is 3. The molecule has 0 aliphatic carbocycles. The van der Waals surface area contributed by atoms with Gasteiger partial charge in [-0.2, -0.15) is 0 Å². The Kier molecular flexibility index (Phi) is 5.05. The summed E-state index contributed by atoms with van der Waals surface area (Å²) in [6.45, 7) is 0. The molecule has 0 N–H and O–H groups in total. The molecule has 3 nitrogen and oxygen atoms in total. The van der Waals surface area contributed by atoms with Crippen molar-refractivity contribution in [3.05, 3.63) is 157 Å². The minimum atomic E-state index is 0.898. The number of hydrogen-bond donors (Lipinski definition) is 0. The Labute approximate surface area is 275 Å². The van der Waals surface area contributed by atoms with Crippen molar-refractivity contribution in [2.24, 2.45) is 0 Å². The lowest BCUT2D eigenvalue weighted by Gasteiger charge is -2.29. The molecule has 220 valence electrons. The second kappa shape index (κ2) is 9.35. The van der Waals surface area contributed by atoms with Crippen LogP contribution in [0, 0.1) is 0 Å². The number of para-hydroxylation sites is 2. The first kappa shape index (κ1) is 25.4. The Morgan fingerprint density at radius 1 is 0.532 bits per heavy atom. The third-order valence-electron chi connectivity index (χ3n) is 9.93. The van der Waals surface area contributed by atoms with E-state index in [2.05, 4.69) is 155 Å². The summed E-state index contributed by atoms with van der Waals surface area (Å²) < 4.78 is 11.8. The molecular weight excluding hydrogens is 593 g/mol. The lowest BCUT2D eigenvalue weighted by atomic mass is 9.97. The van der Waals surface area contributed by atoms with Crippen LogP contribution in [0.1, 0.15) is 11.1 Å². The first-order valence-corrected chi connectivity index (χ1v) is 16.9. The van der Waals surface area contributed by atoms with Gasteiger partial charge in [0.15, 0.2) is 11.5 Å². The van der Waals surface area contributed by atoms with Crippen molar-refractivity contribution in [2.45, 2.75) is 6.42 Å². The third kappa shape index (κ3) is 3.51. The Bertz CT molecular complexity index is 2740. The van der Waals surface area contributed by atoms with Crippen LogP contribution in [-0.4, -0.2) is 4.57 Å². The molecule has 2 aliphatic rings. The Morgan fingerprint density at radius 2 is 1.30 bits per heavy atom. The lowest BCUT2D eigenvalue weighted by molar-refractivity contribution is 0.475. The zero-order valence-corrected chi connectivity index (χ0v) is 26.1. The van der Waals surface area contributed by atoms with Gasteiger partial charge in [0.1, 0.15) is 0 Å². The predicted octanol–water partition coefficient (Wildman–Crippen LogP) is 12.3. The van der Waals surface area contributed by atoms with E-state index in [1.165, 1.54) is 64.4 Å². The van der Waals surface area contributed by atoms with E-state index in [1.54, 1.807) is 0 Å². The summed E-state index contributed by atoms with van der Waals surface area (Å²) in [5.74, 6) is 1.83. The van der Waals surface area contributed by atoms with Gasteiger partial charge in [0.25, 0.3) is 0 Å². The summed E-state index contributed by atoms with van der Waals surface area (Å²) >= 11 is 1.86. The maximum Gasteiger partial charge on any atom is 0.152 e. The van der Waals surface area contributed by atoms with Crippen molar-refractivity contribution in [1.82, 2.24) is 4.57 Å². The van der Waals surface area contributed by atoms with Crippen LogP contribution >= 0.6 is 11.3 Å². The number of aromatic nitrogens is 1. The minimum Gasteiger partial charge on any atom is -0.453 e. The van der Waals surface area contributed by atoms with E-state index in [9.17, 15) is 0 Å². The second-order valence-electron chi connectivity index (χ2n) is 12.5. The van der Waals surface area contributed by atoms with Crippen LogP contribution in [0.3, 0.4) is 0 Å². The number of fused-ring (bicyclic) bond motifs is 4. The fourth-order valence-corrected chi connectivity index (χ4v) is 9.05. The molecular formula is C43H26N2OS. The molecule has 0 amide bonds. The van der Waals surface area contributed by atoms with Crippen LogP contribution in [-0.2, 0) is 6.42 Å². The Morgan fingerprint density at radius 3 is 2.26 bits per heavy atom. The van der Waals surface area contributed by atoms with E-state index < -0.39 is 0 Å². The molecule has 2 aromatic heterocycles. The van der Waals surface area contributed by atoms with Gasteiger partial charge in [0.05, 0.1) is 22.4 Å². The average molecular weight is 619 g/mol. The van der Waals surface area contributed by atoms with Crippen molar-refractivity contribution in [3.8, 4) is 28.3 Å². The highest BCUT2D eigenvalue weighted by molar-refractivity contribution is 7.25. The van der Waals surface area contributed by atoms with Crippen molar-refractivity contribution in [3.63, 3.8) is 0 Å². The van der Waals surface area contributed by atoms with Gasteiger partial charge < -0.3 is 14.2 Å². The zero-order chi connectivity index (χ0) is 30.6. The number of anilines is 3. The van der Waals surface area contributed by atoms with Crippen LogP contribution in [0.4, 0.5) is 17.1 Å². The Balaban J connectivity index is 1.24. The fourth-order valence-electron chi connectivity index (χ4n) is 7.96. The molecule has 9 aromatic rings. The molecule has 0 bridgehead atoms. The Hall–Kier alpha value is -5.84. The summed E-state index contributed by atoms with van der Waals surface area (Å²) in [6.07, 6.45) is 0.898. The SMILES string of the molecule is c1ccc(-c2cccc(N(c3ccc4sc5ccccc5c4c3)c3ccc4c5c3c3cccc6c3n5-c3c(cccc3O4)C6)c2)cc1. The largest absolute Gasteiger partial charge is 0.453 e. The molecule has 47 heavy (non-hydrogen) atoms. The quantitative estimate of drug-likeness (QED) is 0.195. The van der Waals surface area contributed by atoms with Gasteiger partial charge in [-0.3, -0.25) is 0 Å². The van der Waals surface area contributed by atoms with Crippen LogP contribution in [0.2, 0.25) is 0 Å². The molecule has 0 saturated heterocycles. The van der Waals surface area contributed by atoms with Gasteiger partial charge in [0, 0.05) is 48.7 Å². The molecule has 0 unspecified atom stereocenters. The van der Waals surface area contributed by atoms with Crippen molar-refractivity contribution in [1.29, 1.82) is 0 Å². The highest BCUT2D eigenvalue weighted by Gasteiger charge is 2.32. The number of nitrogens with zero attached hydrogens (tertiary/aromatic N) is 2. The normalized spacial score (nSPS) is 12.8. The van der Waals surface area contributed by atoms with Gasteiger partial charge in [-0.1, -0.05) is 91.0 Å². The molecule has 0 spiro atoms. The summed E-state index contributed by atoms with van der Waals surface area (Å²) in [6, 6.07) is 53.0. The number of rotatable bonds is 4. The van der Waals surface area contributed by atoms with E-state index in [-0.39, 0.29) is 0 Å². The highest BCUT2D eigenvalue weighted by atomic mass is 32.1. The third-order valence-corrected chi connectivity index (χ3v) is 11.1. The lowest BCUT2D eigenvalue weighted by Crippen LogP contribution is -2.13. The van der Waals surface area contributed by atoms with Gasteiger partial charge >= 0.3 is 0 Å². The van der Waals surface area contributed by atoms with Gasteiger partial charge in [-0.15, -0.1) is 11.3 Å². The molecule has 0 radical (unpaired) electrons. The highest BCUT2D eigenvalue weighted by Crippen LogP contribution is 2.54. The number of benzene rings is 7. The van der Waals surface area contributed by atoms with Crippen LogP contribution in [0.5, 0.6) is 11.5 Å². The summed E-state index contributed by atoms with van der Waals surface area (Å²) in [5, 5.41) is 5.05. The number of ether oxygens (including phenoxy) is 1. The molecule has 7 aromatic carbocycles. The van der Waals surface area contributed by atoms with E-state index in [1.807, 2.05) is 11.3 Å². The summed E-state index contributed by atoms with van der Waals surface area (Å²) in [4.78, 5) is 2.45. The van der Waals surface area contributed by atoms with Crippen molar-refractivity contribution in [2.75, 3.05) is 4.90 Å². The second-order valence-corrected chi connectivity index (χ2v) is 13.6. The van der Waals surface area contributed by atoms with Crippen LogP contribution in [0.15, 0.2) is 146 Å². The smallest absolute Gasteiger partial charge is 0.152 e. The predicted molar refractivity (Wildman–Crippen MR) is 197 cm³/mol. The van der Waals surface area contributed by atoms with E-state index in [0.29, 0.717) is 0 Å². The van der Waals surface area contributed by atoms with Crippen molar-refractivity contribution >= 4 is 70.4 Å². The van der Waals surface area contributed by atoms with Crippen molar-refractivity contribution < 1.29 is 4.74 Å². The summed E-state index contributed by atoms with van der Waals surface area (Å²) in [7, 11) is 0. The van der Waals surface area contributed by atoms with Gasteiger partial charge in [-0.05, 0) is 76.9 Å². The molecule has 2 aliphatic heterocycles. The minimum absolute atomic E-state index is 0.898. The number of thiophene rings is 1. The van der Waals surface area contributed by atoms with E-state index in [4.69, 9.17) is 4.74 Å². The van der Waals surface area contributed by atoms with Crippen LogP contribution in [0.25, 0.3) is 58.8 Å². The monoisotopic (exact) mass is 618 g/mol. The first-order chi connectivity index (χ1) is 23.3. The van der Waals surface area contributed by atoms with Crippen LogP contribution < -0.4 is 9.64 Å². The molecule has 4 heteroatoms. The fraction of sp³-hybridized carbons (Fsp3) is 0.0233. The van der Waals surface area contributed by atoms with Gasteiger partial charge in [0.2, 0.25) is 0 Å². The molecule has 0 fully saturated rings. The first-order valence-electron chi connectivity index (χ1n) is 16.1. The zero-order valence-electron chi connectivity index (χ0n) is 25.3. The topological polar surface area (TPSA) is 17.4 Å². The molecule has 11 rings (SSSR count). The van der Waals surface area contributed by atoms with E-state index >= 15 is 0 Å². The summed E-state index contributed by atoms with van der Waals surface area (Å²) in [5.41, 5.74) is 12.0. The maximum atomic E-state index is 6.67. The maximum absolute atomic E-state index is 6.67.